The number of carbonyl (C=O) groups is 1. The lowest BCUT2D eigenvalue weighted by Gasteiger charge is -2.23. The highest BCUT2D eigenvalue weighted by Gasteiger charge is 2.61. The molecule has 2 atom stereocenters. The maximum absolute atomic E-state index is 15.1. The van der Waals surface area contributed by atoms with Crippen LogP contribution in [0.3, 0.4) is 0 Å². The van der Waals surface area contributed by atoms with E-state index in [-0.39, 0.29) is 34.1 Å². The molecule has 0 radical (unpaired) electrons. The van der Waals surface area contributed by atoms with Crippen LogP contribution in [0.1, 0.15) is 42.6 Å². The summed E-state index contributed by atoms with van der Waals surface area (Å²) >= 11 is 1.15. The van der Waals surface area contributed by atoms with Gasteiger partial charge in [-0.1, -0.05) is 62.0 Å². The number of nitrogens with zero attached hydrogens (tertiary/aromatic N) is 5. The maximum Gasteiger partial charge on any atom is 0.499 e. The zero-order valence-electron chi connectivity index (χ0n) is 25.7. The van der Waals surface area contributed by atoms with Crippen molar-refractivity contribution < 1.29 is 45.7 Å². The third-order valence-corrected chi connectivity index (χ3v) is 8.06. The summed E-state index contributed by atoms with van der Waals surface area (Å²) in [6.07, 6.45) is -13.3. The Morgan fingerprint density at radius 2 is 1.71 bits per heavy atom. The van der Waals surface area contributed by atoms with E-state index in [1.807, 2.05) is 39.0 Å². The lowest BCUT2D eigenvalue weighted by Crippen LogP contribution is -2.41. The molecule has 16 heteroatoms. The van der Waals surface area contributed by atoms with E-state index < -0.39 is 37.2 Å². The number of aromatic nitrogens is 3. The van der Waals surface area contributed by atoms with Gasteiger partial charge in [0.15, 0.2) is 11.0 Å². The molecule has 9 nitrogen and oxygen atoms in total. The van der Waals surface area contributed by atoms with Crippen LogP contribution in [-0.2, 0) is 9.53 Å². The third-order valence-electron chi connectivity index (χ3n) is 7.13. The molecule has 1 amide bonds. The lowest BCUT2D eigenvalue weighted by molar-refractivity contribution is -0.360. The summed E-state index contributed by atoms with van der Waals surface area (Å²) < 4.78 is 88.8. The predicted molar refractivity (Wildman–Crippen MR) is 167 cm³/mol. The Kier molecular flexibility index (Phi) is 10.2. The van der Waals surface area contributed by atoms with Crippen LogP contribution >= 0.6 is 11.8 Å². The highest BCUT2D eigenvalue weighted by atomic mass is 32.2. The lowest BCUT2D eigenvalue weighted by atomic mass is 9.99. The number of aliphatic hydroxyl groups is 1. The molecule has 3 aromatic carbocycles. The summed E-state index contributed by atoms with van der Waals surface area (Å²) in [7, 11) is 0. The van der Waals surface area contributed by atoms with Crippen LogP contribution < -0.4 is 9.64 Å². The number of halogens is 6. The minimum atomic E-state index is -5.87. The zero-order valence-corrected chi connectivity index (χ0v) is 26.5. The number of carbonyl (C=O) groups excluding carboxylic acids is 1. The van der Waals surface area contributed by atoms with Crippen molar-refractivity contribution in [1.82, 2.24) is 14.8 Å². The SMILES string of the molecule is Cc1ccc(C(C)C)c(N2C(=O)CS/C2=N\C(O)OCC(F)c2ccc(-c3ncn(-c4ccc(OC(F)(F)C(F)(F)F)cc4)n3)cc2)c1. The standard InChI is InChI=1S/C32H29F6N5O4S/c1-18(2)24-13-4-19(3)14-26(24)43-27(44)16-48-29(43)40-30(45)46-15-25(33)20-5-7-21(8-6-20)28-39-17-42(41-28)22-9-11-23(12-10-22)47-32(37,38)31(34,35)36/h4-14,17-18,25,30,45H,15-16H2,1-3H3/b40-29-. The van der Waals surface area contributed by atoms with E-state index in [4.69, 9.17) is 4.74 Å². The van der Waals surface area contributed by atoms with Gasteiger partial charge in [0.25, 0.3) is 6.41 Å². The smallest absolute Gasteiger partial charge is 0.426 e. The van der Waals surface area contributed by atoms with Crippen LogP contribution in [-0.4, -0.2) is 62.0 Å². The second-order valence-electron chi connectivity index (χ2n) is 11.0. The normalized spacial score (nSPS) is 16.2. The molecule has 0 saturated carbocycles. The fourth-order valence-electron chi connectivity index (χ4n) is 4.66. The van der Waals surface area contributed by atoms with Gasteiger partial charge in [0.1, 0.15) is 18.2 Å². The summed E-state index contributed by atoms with van der Waals surface area (Å²) in [5.41, 5.74) is 3.61. The number of rotatable bonds is 11. The van der Waals surface area contributed by atoms with Gasteiger partial charge in [0, 0.05) is 5.56 Å². The first-order chi connectivity index (χ1) is 22.6. The number of hydrogen-bond acceptors (Lipinski definition) is 8. The number of aliphatic imine (C=N–C) groups is 1. The van der Waals surface area contributed by atoms with Crippen molar-refractivity contribution >= 4 is 28.5 Å². The van der Waals surface area contributed by atoms with E-state index >= 15 is 4.39 Å². The quantitative estimate of drug-likeness (QED) is 0.130. The topological polar surface area (TPSA) is 102 Å². The molecule has 5 rings (SSSR count). The number of anilines is 1. The summed E-state index contributed by atoms with van der Waals surface area (Å²) in [6.45, 7) is 5.40. The van der Waals surface area contributed by atoms with Crippen molar-refractivity contribution in [3.05, 3.63) is 89.7 Å². The van der Waals surface area contributed by atoms with E-state index in [0.717, 1.165) is 35.0 Å². The average molecular weight is 694 g/mol. The van der Waals surface area contributed by atoms with Crippen molar-refractivity contribution in [1.29, 1.82) is 0 Å². The molecule has 0 bridgehead atoms. The summed E-state index contributed by atoms with van der Waals surface area (Å²) in [5.74, 6) is -0.399. The largest absolute Gasteiger partial charge is 0.499 e. The molecule has 48 heavy (non-hydrogen) atoms. The van der Waals surface area contributed by atoms with Crippen molar-refractivity contribution in [3.8, 4) is 22.8 Å². The minimum absolute atomic E-state index is 0.127. The molecule has 1 N–H and O–H groups in total. The van der Waals surface area contributed by atoms with E-state index in [1.165, 1.54) is 40.2 Å². The van der Waals surface area contributed by atoms with E-state index in [0.29, 0.717) is 16.9 Å². The molecule has 1 aliphatic heterocycles. The van der Waals surface area contributed by atoms with Gasteiger partial charge in [-0.3, -0.25) is 9.69 Å². The summed E-state index contributed by atoms with van der Waals surface area (Å²) in [5, 5.41) is 15.0. The third kappa shape index (κ3) is 7.82. The van der Waals surface area contributed by atoms with E-state index in [2.05, 4.69) is 19.8 Å². The van der Waals surface area contributed by atoms with Gasteiger partial charge in [-0.25, -0.2) is 19.0 Å². The first kappa shape index (κ1) is 34.9. The monoisotopic (exact) mass is 693 g/mol. The van der Waals surface area contributed by atoms with Crippen LogP contribution in [0.4, 0.5) is 32.0 Å². The second kappa shape index (κ2) is 14.0. The molecular formula is C32H29F6N5O4S. The molecule has 0 aliphatic carbocycles. The maximum atomic E-state index is 15.1. The summed E-state index contributed by atoms with van der Waals surface area (Å²) in [4.78, 5) is 22.5. The van der Waals surface area contributed by atoms with Gasteiger partial charge >= 0.3 is 12.3 Å². The molecule has 1 saturated heterocycles. The van der Waals surface area contributed by atoms with Crippen LogP contribution in [0.15, 0.2) is 78.0 Å². The Balaban J connectivity index is 1.19. The number of thioether (sulfide) groups is 1. The molecule has 2 heterocycles. The Morgan fingerprint density at radius 1 is 1.02 bits per heavy atom. The zero-order chi connectivity index (χ0) is 34.8. The van der Waals surface area contributed by atoms with Gasteiger partial charge < -0.3 is 14.6 Å². The number of amidine groups is 1. The van der Waals surface area contributed by atoms with Crippen molar-refractivity contribution in [2.75, 3.05) is 17.3 Å². The molecule has 4 aromatic rings. The first-order valence-corrected chi connectivity index (χ1v) is 15.5. The Bertz CT molecular complexity index is 1780. The fourth-order valence-corrected chi connectivity index (χ4v) is 5.54. The molecule has 2 unspecified atom stereocenters. The number of ether oxygens (including phenoxy) is 2. The highest BCUT2D eigenvalue weighted by molar-refractivity contribution is 8.15. The van der Waals surface area contributed by atoms with Gasteiger partial charge in [0.05, 0.1) is 23.7 Å². The molecule has 254 valence electrons. The summed E-state index contributed by atoms with van der Waals surface area (Å²) in [6, 6.07) is 16.2. The molecule has 1 fully saturated rings. The number of aliphatic hydroxyl groups excluding tert-OH is 1. The highest BCUT2D eigenvalue weighted by Crippen LogP contribution is 2.38. The van der Waals surface area contributed by atoms with Gasteiger partial charge in [0.2, 0.25) is 5.91 Å². The van der Waals surface area contributed by atoms with E-state index in [1.54, 1.807) is 12.1 Å². The van der Waals surface area contributed by atoms with Crippen LogP contribution in [0.2, 0.25) is 0 Å². The minimum Gasteiger partial charge on any atom is -0.426 e. The van der Waals surface area contributed by atoms with Crippen molar-refractivity contribution in [2.45, 2.75) is 51.6 Å². The Labute approximate surface area is 275 Å². The predicted octanol–water partition coefficient (Wildman–Crippen LogP) is 7.34. The van der Waals surface area contributed by atoms with Crippen LogP contribution in [0.25, 0.3) is 17.1 Å². The van der Waals surface area contributed by atoms with Gasteiger partial charge in [-0.15, -0.1) is 5.10 Å². The first-order valence-electron chi connectivity index (χ1n) is 14.5. The molecule has 1 aliphatic rings. The Morgan fingerprint density at radius 3 is 2.35 bits per heavy atom. The second-order valence-corrected chi connectivity index (χ2v) is 12.0. The van der Waals surface area contributed by atoms with Crippen LogP contribution in [0, 0.1) is 6.92 Å². The molecular weight excluding hydrogens is 664 g/mol. The van der Waals surface area contributed by atoms with E-state index in [9.17, 15) is 31.9 Å². The average Bonchev–Trinajstić information content (AvgIpc) is 3.66. The number of alkyl halides is 6. The van der Waals surface area contributed by atoms with Gasteiger partial charge in [-0.05, 0) is 59.9 Å². The van der Waals surface area contributed by atoms with Crippen LogP contribution in [0.5, 0.6) is 5.75 Å². The molecule has 0 spiro atoms. The van der Waals surface area contributed by atoms with Crippen molar-refractivity contribution in [3.63, 3.8) is 0 Å². The number of aryl methyl sites for hydroxylation is 1. The molecule has 1 aromatic heterocycles. The number of hydrogen-bond donors (Lipinski definition) is 1. The number of amides is 1. The van der Waals surface area contributed by atoms with Crippen molar-refractivity contribution in [2.24, 2.45) is 4.99 Å². The van der Waals surface area contributed by atoms with Gasteiger partial charge in [-0.2, -0.15) is 22.0 Å². The Hall–Kier alpha value is -4.41. The number of benzene rings is 3. The fraction of sp³-hybridized carbons (Fsp3) is 0.312.